The number of hydrogen-bond donors (Lipinski definition) is 0. The third kappa shape index (κ3) is 3.09. The van der Waals surface area contributed by atoms with Crippen molar-refractivity contribution in [1.82, 2.24) is 9.78 Å². The first-order chi connectivity index (χ1) is 7.79. The van der Waals surface area contributed by atoms with E-state index < -0.39 is 0 Å². The summed E-state index contributed by atoms with van der Waals surface area (Å²) in [5.41, 5.74) is 1.38. The first kappa shape index (κ1) is 12.2. The number of halogens is 1. The average molecular weight is 285 g/mol. The Bertz CT molecular complexity index is 315. The van der Waals surface area contributed by atoms with Crippen molar-refractivity contribution in [3.05, 3.63) is 18.0 Å². The predicted octanol–water partition coefficient (Wildman–Crippen LogP) is 3.55. The van der Waals surface area contributed by atoms with E-state index in [1.807, 2.05) is 17.9 Å². The molecule has 0 bridgehead atoms. The van der Waals surface area contributed by atoms with Crippen LogP contribution in [0.3, 0.4) is 0 Å². The van der Waals surface area contributed by atoms with Crippen LogP contribution in [-0.2, 0) is 13.5 Å². The van der Waals surface area contributed by atoms with Crippen molar-refractivity contribution in [2.45, 2.75) is 38.5 Å². The van der Waals surface area contributed by atoms with E-state index in [1.165, 1.54) is 44.1 Å². The largest absolute Gasteiger partial charge is 0.276 e. The molecule has 1 atom stereocenters. The predicted molar refractivity (Wildman–Crippen MR) is 70.8 cm³/mol. The van der Waals surface area contributed by atoms with Crippen molar-refractivity contribution in [3.63, 3.8) is 0 Å². The molecule has 2 nitrogen and oxygen atoms in total. The van der Waals surface area contributed by atoms with Crippen LogP contribution in [0.5, 0.6) is 0 Å². The Hall–Kier alpha value is -0.310. The van der Waals surface area contributed by atoms with Gasteiger partial charge in [-0.1, -0.05) is 41.6 Å². The van der Waals surface area contributed by atoms with Crippen LogP contribution < -0.4 is 0 Å². The van der Waals surface area contributed by atoms with Gasteiger partial charge in [0.25, 0.3) is 0 Å². The Morgan fingerprint density at radius 1 is 1.50 bits per heavy atom. The van der Waals surface area contributed by atoms with Crippen LogP contribution in [-0.4, -0.2) is 15.1 Å². The fraction of sp³-hybridized carbons (Fsp3) is 0.769. The molecule has 1 fully saturated rings. The van der Waals surface area contributed by atoms with Crippen LogP contribution in [0.25, 0.3) is 0 Å². The van der Waals surface area contributed by atoms with Gasteiger partial charge in [-0.05, 0) is 30.2 Å². The van der Waals surface area contributed by atoms with Crippen LogP contribution in [0.15, 0.2) is 12.4 Å². The van der Waals surface area contributed by atoms with E-state index in [4.69, 9.17) is 0 Å². The molecule has 0 radical (unpaired) electrons. The summed E-state index contributed by atoms with van der Waals surface area (Å²) in [7, 11) is 1.99. The number of aromatic nitrogens is 2. The normalized spacial score (nSPS) is 19.1. The minimum atomic E-state index is 0.864. The van der Waals surface area contributed by atoms with Gasteiger partial charge in [-0.25, -0.2) is 0 Å². The van der Waals surface area contributed by atoms with E-state index >= 15 is 0 Å². The molecule has 3 heteroatoms. The molecule has 90 valence electrons. The van der Waals surface area contributed by atoms with Crippen LogP contribution in [0, 0.1) is 11.8 Å². The van der Waals surface area contributed by atoms with Crippen molar-refractivity contribution in [1.29, 1.82) is 0 Å². The van der Waals surface area contributed by atoms with Gasteiger partial charge < -0.3 is 0 Å². The van der Waals surface area contributed by atoms with Gasteiger partial charge in [0.2, 0.25) is 0 Å². The second-order valence-corrected chi connectivity index (χ2v) is 5.67. The molecule has 1 saturated carbocycles. The van der Waals surface area contributed by atoms with Gasteiger partial charge in [0.05, 0.1) is 6.20 Å². The Morgan fingerprint density at radius 3 is 2.81 bits per heavy atom. The Balaban J connectivity index is 1.82. The molecule has 0 aliphatic heterocycles. The summed E-state index contributed by atoms with van der Waals surface area (Å²) in [6, 6.07) is 0. The van der Waals surface area contributed by atoms with Gasteiger partial charge in [0.1, 0.15) is 0 Å². The van der Waals surface area contributed by atoms with Gasteiger partial charge >= 0.3 is 0 Å². The van der Waals surface area contributed by atoms with Gasteiger partial charge in [-0.15, -0.1) is 0 Å². The molecular formula is C13H21BrN2. The number of alkyl halides is 1. The molecule has 1 aliphatic rings. The van der Waals surface area contributed by atoms with Crippen molar-refractivity contribution in [3.8, 4) is 0 Å². The zero-order chi connectivity index (χ0) is 11.4. The highest BCUT2D eigenvalue weighted by atomic mass is 79.9. The number of rotatable bonds is 5. The highest BCUT2D eigenvalue weighted by Crippen LogP contribution is 2.34. The van der Waals surface area contributed by atoms with Crippen molar-refractivity contribution in [2.24, 2.45) is 18.9 Å². The second-order valence-electron chi connectivity index (χ2n) is 5.02. The SMILES string of the molecule is Cn1cc(CCC(CBr)C2CCCC2)cn1. The summed E-state index contributed by atoms with van der Waals surface area (Å²) in [5, 5.41) is 5.39. The summed E-state index contributed by atoms with van der Waals surface area (Å²) >= 11 is 3.68. The number of nitrogens with zero attached hydrogens (tertiary/aromatic N) is 2. The topological polar surface area (TPSA) is 17.8 Å². The molecule has 1 heterocycles. The first-order valence-electron chi connectivity index (χ1n) is 6.33. The lowest BCUT2D eigenvalue weighted by molar-refractivity contribution is 0.354. The number of hydrogen-bond acceptors (Lipinski definition) is 1. The summed E-state index contributed by atoms with van der Waals surface area (Å²) in [6.07, 6.45) is 12.4. The zero-order valence-electron chi connectivity index (χ0n) is 10.0. The van der Waals surface area contributed by atoms with Crippen LogP contribution in [0.1, 0.15) is 37.7 Å². The molecule has 0 aromatic carbocycles. The third-order valence-corrected chi connectivity index (χ3v) is 4.66. The van der Waals surface area contributed by atoms with E-state index in [9.17, 15) is 0 Å². The van der Waals surface area contributed by atoms with Gasteiger partial charge in [-0.3, -0.25) is 4.68 Å². The molecule has 1 aliphatic carbocycles. The van der Waals surface area contributed by atoms with Crippen LogP contribution >= 0.6 is 15.9 Å². The second kappa shape index (κ2) is 5.85. The van der Waals surface area contributed by atoms with Gasteiger partial charge in [-0.2, -0.15) is 5.10 Å². The summed E-state index contributed by atoms with van der Waals surface area (Å²) in [4.78, 5) is 0. The maximum absolute atomic E-state index is 4.22. The number of aryl methyl sites for hydroxylation is 2. The summed E-state index contributed by atoms with van der Waals surface area (Å²) in [6.45, 7) is 0. The molecule has 1 unspecified atom stereocenters. The fourth-order valence-electron chi connectivity index (χ4n) is 2.82. The molecule has 2 rings (SSSR count). The van der Waals surface area contributed by atoms with Crippen molar-refractivity contribution >= 4 is 15.9 Å². The minimum absolute atomic E-state index is 0.864. The zero-order valence-corrected chi connectivity index (χ0v) is 11.6. The van der Waals surface area contributed by atoms with Gasteiger partial charge in [0, 0.05) is 18.6 Å². The van der Waals surface area contributed by atoms with E-state index in [1.54, 1.807) is 0 Å². The molecule has 0 spiro atoms. The molecule has 1 aromatic rings. The van der Waals surface area contributed by atoms with Crippen LogP contribution in [0.4, 0.5) is 0 Å². The van der Waals surface area contributed by atoms with E-state index in [2.05, 4.69) is 27.2 Å². The highest BCUT2D eigenvalue weighted by molar-refractivity contribution is 9.09. The molecule has 0 saturated heterocycles. The molecule has 0 N–H and O–H groups in total. The maximum Gasteiger partial charge on any atom is 0.0521 e. The lowest BCUT2D eigenvalue weighted by Gasteiger charge is -2.20. The Labute approximate surface area is 107 Å². The lowest BCUT2D eigenvalue weighted by Crippen LogP contribution is -2.14. The van der Waals surface area contributed by atoms with Crippen molar-refractivity contribution < 1.29 is 0 Å². The highest BCUT2D eigenvalue weighted by Gasteiger charge is 2.23. The maximum atomic E-state index is 4.22. The fourth-order valence-corrected chi connectivity index (χ4v) is 3.67. The molecule has 16 heavy (non-hydrogen) atoms. The first-order valence-corrected chi connectivity index (χ1v) is 7.45. The van der Waals surface area contributed by atoms with E-state index in [0.29, 0.717) is 0 Å². The Morgan fingerprint density at radius 2 is 2.25 bits per heavy atom. The summed E-state index contributed by atoms with van der Waals surface area (Å²) < 4.78 is 1.90. The summed E-state index contributed by atoms with van der Waals surface area (Å²) in [5.74, 6) is 1.83. The average Bonchev–Trinajstić information content (AvgIpc) is 2.91. The third-order valence-electron chi connectivity index (χ3n) is 3.83. The quantitative estimate of drug-likeness (QED) is 0.756. The van der Waals surface area contributed by atoms with E-state index in [-0.39, 0.29) is 0 Å². The lowest BCUT2D eigenvalue weighted by atomic mass is 9.88. The van der Waals surface area contributed by atoms with Crippen molar-refractivity contribution in [2.75, 3.05) is 5.33 Å². The molecule has 0 amide bonds. The standard InChI is InChI=1S/C13H21BrN2/c1-16-10-11(9-15-16)6-7-13(8-14)12-4-2-3-5-12/h9-10,12-13H,2-8H2,1H3. The smallest absolute Gasteiger partial charge is 0.0521 e. The van der Waals surface area contributed by atoms with E-state index in [0.717, 1.165) is 17.2 Å². The Kier molecular flexibility index (Phi) is 4.45. The molecular weight excluding hydrogens is 264 g/mol. The molecule has 1 aromatic heterocycles. The minimum Gasteiger partial charge on any atom is -0.276 e. The monoisotopic (exact) mass is 284 g/mol. The van der Waals surface area contributed by atoms with Gasteiger partial charge in [0.15, 0.2) is 0 Å². The van der Waals surface area contributed by atoms with Crippen LogP contribution in [0.2, 0.25) is 0 Å².